The van der Waals surface area contributed by atoms with Crippen LogP contribution in [0.25, 0.3) is 10.1 Å². The van der Waals surface area contributed by atoms with Crippen molar-refractivity contribution in [2.75, 3.05) is 0 Å². The van der Waals surface area contributed by atoms with Crippen LogP contribution in [0.1, 0.15) is 17.8 Å². The number of hydrazine groups is 1. The van der Waals surface area contributed by atoms with Crippen LogP contribution in [0.5, 0.6) is 0 Å². The SMILES string of the molecule is C=C(C)C(NN)c1cc2cc(F)ccc2s1. The molecule has 1 unspecified atom stereocenters. The van der Waals surface area contributed by atoms with Crippen LogP contribution in [0.4, 0.5) is 4.39 Å². The van der Waals surface area contributed by atoms with Crippen molar-refractivity contribution < 1.29 is 4.39 Å². The Kier molecular flexibility index (Phi) is 3.05. The quantitative estimate of drug-likeness (QED) is 0.488. The van der Waals surface area contributed by atoms with E-state index in [0.717, 1.165) is 20.5 Å². The first-order valence-corrected chi connectivity index (χ1v) is 5.74. The predicted octanol–water partition coefficient (Wildman–Crippen LogP) is 3.12. The molecule has 1 heterocycles. The Morgan fingerprint density at radius 1 is 1.50 bits per heavy atom. The van der Waals surface area contributed by atoms with E-state index in [1.807, 2.05) is 13.0 Å². The molecule has 16 heavy (non-hydrogen) atoms. The van der Waals surface area contributed by atoms with Gasteiger partial charge < -0.3 is 0 Å². The Bertz CT molecular complexity index is 533. The molecule has 0 aliphatic rings. The van der Waals surface area contributed by atoms with E-state index >= 15 is 0 Å². The molecule has 2 rings (SSSR count). The Labute approximate surface area is 97.5 Å². The normalized spacial score (nSPS) is 12.9. The standard InChI is InChI=1S/C12H13FN2S/c1-7(2)12(15-14)11-6-8-5-9(13)3-4-10(8)16-11/h3-6,12,15H,1,14H2,2H3. The molecule has 0 bridgehead atoms. The third-order valence-corrected chi connectivity index (χ3v) is 3.62. The first-order valence-electron chi connectivity index (χ1n) is 4.92. The molecule has 0 amide bonds. The monoisotopic (exact) mass is 236 g/mol. The van der Waals surface area contributed by atoms with Crippen LogP contribution >= 0.6 is 11.3 Å². The van der Waals surface area contributed by atoms with Crippen LogP contribution in [0.3, 0.4) is 0 Å². The molecule has 1 aromatic carbocycles. The van der Waals surface area contributed by atoms with Crippen molar-refractivity contribution in [2.24, 2.45) is 5.84 Å². The van der Waals surface area contributed by atoms with Crippen molar-refractivity contribution in [1.29, 1.82) is 0 Å². The van der Waals surface area contributed by atoms with Gasteiger partial charge in [0, 0.05) is 9.58 Å². The molecule has 4 heteroatoms. The second-order valence-electron chi connectivity index (χ2n) is 3.78. The van der Waals surface area contributed by atoms with Gasteiger partial charge in [0.15, 0.2) is 0 Å². The average molecular weight is 236 g/mol. The topological polar surface area (TPSA) is 38.0 Å². The lowest BCUT2D eigenvalue weighted by molar-refractivity contribution is 0.629. The van der Waals surface area contributed by atoms with Gasteiger partial charge in [-0.25, -0.2) is 9.82 Å². The molecule has 1 aromatic heterocycles. The summed E-state index contributed by atoms with van der Waals surface area (Å²) in [4.78, 5) is 1.05. The molecule has 1 atom stereocenters. The zero-order valence-electron chi connectivity index (χ0n) is 8.96. The van der Waals surface area contributed by atoms with Gasteiger partial charge in [-0.15, -0.1) is 11.3 Å². The molecule has 84 valence electrons. The maximum absolute atomic E-state index is 13.0. The molecular weight excluding hydrogens is 223 g/mol. The van der Waals surface area contributed by atoms with Gasteiger partial charge in [0.1, 0.15) is 5.82 Å². The number of thiophene rings is 1. The van der Waals surface area contributed by atoms with Gasteiger partial charge in [0.2, 0.25) is 0 Å². The second-order valence-corrected chi connectivity index (χ2v) is 4.89. The maximum atomic E-state index is 13.0. The zero-order valence-corrected chi connectivity index (χ0v) is 9.77. The highest BCUT2D eigenvalue weighted by atomic mass is 32.1. The van der Waals surface area contributed by atoms with E-state index in [1.54, 1.807) is 17.4 Å². The number of rotatable bonds is 3. The summed E-state index contributed by atoms with van der Waals surface area (Å²) in [6, 6.07) is 6.66. The van der Waals surface area contributed by atoms with Crippen LogP contribution in [0, 0.1) is 5.82 Å². The Morgan fingerprint density at radius 3 is 2.88 bits per heavy atom. The van der Waals surface area contributed by atoms with Gasteiger partial charge in [-0.2, -0.15) is 0 Å². The van der Waals surface area contributed by atoms with Crippen LogP contribution in [-0.4, -0.2) is 0 Å². The second kappa shape index (κ2) is 4.33. The summed E-state index contributed by atoms with van der Waals surface area (Å²) in [7, 11) is 0. The third-order valence-electron chi connectivity index (χ3n) is 2.44. The number of nitrogens with one attached hydrogen (secondary N) is 1. The van der Waals surface area contributed by atoms with Crippen LogP contribution in [0.2, 0.25) is 0 Å². The zero-order chi connectivity index (χ0) is 11.7. The van der Waals surface area contributed by atoms with E-state index in [1.165, 1.54) is 12.1 Å². The van der Waals surface area contributed by atoms with Crippen LogP contribution < -0.4 is 11.3 Å². The van der Waals surface area contributed by atoms with Crippen molar-refractivity contribution in [2.45, 2.75) is 13.0 Å². The van der Waals surface area contributed by atoms with Crippen LogP contribution in [-0.2, 0) is 0 Å². The number of hydrogen-bond donors (Lipinski definition) is 2. The fourth-order valence-corrected chi connectivity index (χ4v) is 2.84. The molecule has 2 aromatic rings. The molecular formula is C12H13FN2S. The van der Waals surface area contributed by atoms with E-state index < -0.39 is 0 Å². The fraction of sp³-hybridized carbons (Fsp3) is 0.167. The van der Waals surface area contributed by atoms with Gasteiger partial charge in [0.25, 0.3) is 0 Å². The molecule has 2 nitrogen and oxygen atoms in total. The minimum Gasteiger partial charge on any atom is -0.271 e. The Hall–Kier alpha value is -1.23. The largest absolute Gasteiger partial charge is 0.271 e. The highest BCUT2D eigenvalue weighted by Gasteiger charge is 2.13. The molecule has 0 aliphatic heterocycles. The highest BCUT2D eigenvalue weighted by molar-refractivity contribution is 7.19. The molecule has 0 saturated heterocycles. The molecule has 0 saturated carbocycles. The molecule has 0 radical (unpaired) electrons. The number of hydrogen-bond acceptors (Lipinski definition) is 3. The fourth-order valence-electron chi connectivity index (χ4n) is 1.64. The van der Waals surface area contributed by atoms with Crippen molar-refractivity contribution >= 4 is 21.4 Å². The maximum Gasteiger partial charge on any atom is 0.123 e. The lowest BCUT2D eigenvalue weighted by Gasteiger charge is -2.13. The predicted molar refractivity (Wildman–Crippen MR) is 66.7 cm³/mol. The smallest absolute Gasteiger partial charge is 0.123 e. The minimum atomic E-state index is -0.218. The van der Waals surface area contributed by atoms with Gasteiger partial charge in [-0.3, -0.25) is 5.84 Å². The van der Waals surface area contributed by atoms with E-state index in [-0.39, 0.29) is 11.9 Å². The van der Waals surface area contributed by atoms with E-state index in [0.29, 0.717) is 0 Å². The Morgan fingerprint density at radius 2 is 2.25 bits per heavy atom. The summed E-state index contributed by atoms with van der Waals surface area (Å²) >= 11 is 1.60. The lowest BCUT2D eigenvalue weighted by Crippen LogP contribution is -2.27. The summed E-state index contributed by atoms with van der Waals surface area (Å²) in [5.74, 6) is 5.26. The molecule has 0 aliphatic carbocycles. The van der Waals surface area contributed by atoms with Crippen molar-refractivity contribution in [3.63, 3.8) is 0 Å². The van der Waals surface area contributed by atoms with E-state index in [2.05, 4.69) is 12.0 Å². The first-order chi connectivity index (χ1) is 7.61. The third kappa shape index (κ3) is 2.00. The number of nitrogens with two attached hydrogens (primary N) is 1. The molecule has 0 spiro atoms. The van der Waals surface area contributed by atoms with Crippen molar-refractivity contribution in [3.8, 4) is 0 Å². The number of fused-ring (bicyclic) bond motifs is 1. The van der Waals surface area contributed by atoms with Crippen molar-refractivity contribution in [3.05, 3.63) is 47.1 Å². The number of halogens is 1. The first kappa shape index (κ1) is 11.3. The average Bonchev–Trinajstić information content (AvgIpc) is 2.60. The van der Waals surface area contributed by atoms with Gasteiger partial charge in [0.05, 0.1) is 6.04 Å². The van der Waals surface area contributed by atoms with Gasteiger partial charge in [-0.05, 0) is 36.6 Å². The molecule has 0 fully saturated rings. The lowest BCUT2D eigenvalue weighted by atomic mass is 10.1. The number of benzene rings is 1. The van der Waals surface area contributed by atoms with Gasteiger partial charge >= 0.3 is 0 Å². The Balaban J connectivity index is 2.49. The summed E-state index contributed by atoms with van der Waals surface area (Å²) in [5, 5.41) is 0.904. The van der Waals surface area contributed by atoms with E-state index in [4.69, 9.17) is 5.84 Å². The summed E-state index contributed by atoms with van der Waals surface area (Å²) < 4.78 is 14.1. The van der Waals surface area contributed by atoms with Crippen molar-refractivity contribution in [1.82, 2.24) is 5.43 Å². The van der Waals surface area contributed by atoms with Crippen LogP contribution in [0.15, 0.2) is 36.4 Å². The minimum absolute atomic E-state index is 0.0690. The van der Waals surface area contributed by atoms with Gasteiger partial charge in [-0.1, -0.05) is 12.2 Å². The van der Waals surface area contributed by atoms with E-state index in [9.17, 15) is 4.39 Å². The highest BCUT2D eigenvalue weighted by Crippen LogP contribution is 2.32. The molecule has 3 N–H and O–H groups in total. The summed E-state index contributed by atoms with van der Waals surface area (Å²) in [5.41, 5.74) is 3.65. The summed E-state index contributed by atoms with van der Waals surface area (Å²) in [6.45, 7) is 5.79. The summed E-state index contributed by atoms with van der Waals surface area (Å²) in [6.07, 6.45) is 0.